The van der Waals surface area contributed by atoms with E-state index in [2.05, 4.69) is 50.4 Å². The van der Waals surface area contributed by atoms with Crippen molar-refractivity contribution in [3.63, 3.8) is 0 Å². The smallest absolute Gasteiger partial charge is 0.0332 e. The third kappa shape index (κ3) is 1.83. The summed E-state index contributed by atoms with van der Waals surface area (Å²) in [5.41, 5.74) is 3.12. The lowest BCUT2D eigenvalue weighted by atomic mass is 9.85. The van der Waals surface area contributed by atoms with Crippen LogP contribution in [0.4, 0.5) is 0 Å². The van der Waals surface area contributed by atoms with Crippen LogP contribution in [0.3, 0.4) is 0 Å². The monoisotopic (exact) mass is 189 g/mol. The summed E-state index contributed by atoms with van der Waals surface area (Å²) in [5.74, 6) is 0. The van der Waals surface area contributed by atoms with Crippen LogP contribution < -0.4 is 5.32 Å². The summed E-state index contributed by atoms with van der Waals surface area (Å²) >= 11 is 0. The highest BCUT2D eigenvalue weighted by atomic mass is 15.0. The van der Waals surface area contributed by atoms with E-state index < -0.39 is 0 Å². The molecule has 1 atom stereocenters. The number of benzene rings is 1. The van der Waals surface area contributed by atoms with Crippen molar-refractivity contribution < 1.29 is 0 Å². The molecular formula is C13H19N. The van der Waals surface area contributed by atoms with Gasteiger partial charge >= 0.3 is 0 Å². The molecule has 1 N–H and O–H groups in total. The minimum atomic E-state index is 0.269. The Morgan fingerprint density at radius 2 is 1.71 bits per heavy atom. The van der Waals surface area contributed by atoms with Gasteiger partial charge in [-0.2, -0.15) is 0 Å². The first-order valence-electron chi connectivity index (χ1n) is 5.41. The van der Waals surface area contributed by atoms with Gasteiger partial charge in [0.05, 0.1) is 0 Å². The van der Waals surface area contributed by atoms with E-state index in [4.69, 9.17) is 0 Å². The lowest BCUT2D eigenvalue weighted by molar-refractivity contribution is 0.383. The lowest BCUT2D eigenvalue weighted by Gasteiger charge is -2.28. The number of nitrogens with one attached hydrogen (secondary N) is 1. The van der Waals surface area contributed by atoms with E-state index in [1.54, 1.807) is 0 Å². The molecule has 1 aliphatic rings. The van der Waals surface area contributed by atoms with Crippen molar-refractivity contribution in [3.05, 3.63) is 35.4 Å². The van der Waals surface area contributed by atoms with Crippen LogP contribution in [0, 0.1) is 0 Å². The maximum absolute atomic E-state index is 3.42. The van der Waals surface area contributed by atoms with Crippen molar-refractivity contribution in [2.24, 2.45) is 0 Å². The predicted molar refractivity (Wildman–Crippen MR) is 60.5 cm³/mol. The molecule has 1 heterocycles. The molecule has 76 valence electrons. The highest BCUT2D eigenvalue weighted by Gasteiger charge is 2.19. The van der Waals surface area contributed by atoms with Crippen LogP contribution in [0.5, 0.6) is 0 Å². The summed E-state index contributed by atoms with van der Waals surface area (Å²) < 4.78 is 0. The van der Waals surface area contributed by atoms with Gasteiger partial charge < -0.3 is 5.32 Å². The molecule has 1 aromatic rings. The summed E-state index contributed by atoms with van der Waals surface area (Å²) in [6.45, 7) is 7.93. The van der Waals surface area contributed by atoms with Crippen LogP contribution >= 0.6 is 0 Å². The molecule has 1 nitrogen and oxygen atoms in total. The van der Waals surface area contributed by atoms with Crippen LogP contribution in [0.2, 0.25) is 0 Å². The van der Waals surface area contributed by atoms with Crippen LogP contribution in [0.1, 0.15) is 44.4 Å². The Morgan fingerprint density at radius 1 is 1.14 bits per heavy atom. The van der Waals surface area contributed by atoms with Crippen molar-refractivity contribution in [1.29, 1.82) is 0 Å². The largest absolute Gasteiger partial charge is 0.310 e. The molecule has 1 aliphatic heterocycles. The lowest BCUT2D eigenvalue weighted by Crippen LogP contribution is -2.34. The zero-order valence-corrected chi connectivity index (χ0v) is 9.30. The Morgan fingerprint density at radius 3 is 2.07 bits per heavy atom. The summed E-state index contributed by atoms with van der Waals surface area (Å²) in [6.07, 6.45) is 1.29. The molecule has 1 aromatic carbocycles. The topological polar surface area (TPSA) is 12.0 Å². The van der Waals surface area contributed by atoms with Gasteiger partial charge in [-0.25, -0.2) is 0 Å². The van der Waals surface area contributed by atoms with Gasteiger partial charge in [0.2, 0.25) is 0 Å². The molecule has 0 bridgehead atoms. The van der Waals surface area contributed by atoms with Crippen molar-refractivity contribution in [3.8, 4) is 0 Å². The molecule has 1 saturated heterocycles. The summed E-state index contributed by atoms with van der Waals surface area (Å²) in [6, 6.07) is 9.66. The number of hydrogen-bond acceptors (Lipinski definition) is 1. The van der Waals surface area contributed by atoms with E-state index in [0.29, 0.717) is 6.04 Å². The molecule has 0 radical (unpaired) electrons. The van der Waals surface area contributed by atoms with Gasteiger partial charge in [0, 0.05) is 6.04 Å². The van der Waals surface area contributed by atoms with Crippen molar-refractivity contribution >= 4 is 0 Å². The van der Waals surface area contributed by atoms with Gasteiger partial charge in [0.15, 0.2) is 0 Å². The molecular weight excluding hydrogens is 170 g/mol. The second-order valence-corrected chi connectivity index (χ2v) is 5.17. The zero-order chi connectivity index (χ0) is 10.2. The second-order valence-electron chi connectivity index (χ2n) is 5.17. The second kappa shape index (κ2) is 3.39. The fraction of sp³-hybridized carbons (Fsp3) is 0.538. The predicted octanol–water partition coefficient (Wildman–Crippen LogP) is 3.02. The molecule has 0 saturated carbocycles. The normalized spacial score (nSPS) is 21.8. The SMILES string of the molecule is CC(C)(C)c1ccc(C2CCN2)cc1. The van der Waals surface area contributed by atoms with Gasteiger partial charge in [-0.1, -0.05) is 45.0 Å². The van der Waals surface area contributed by atoms with Gasteiger partial charge in [0.1, 0.15) is 0 Å². The fourth-order valence-electron chi connectivity index (χ4n) is 1.79. The van der Waals surface area contributed by atoms with Gasteiger partial charge in [0.25, 0.3) is 0 Å². The highest BCUT2D eigenvalue weighted by Crippen LogP contribution is 2.26. The molecule has 1 fully saturated rings. The minimum absolute atomic E-state index is 0.269. The van der Waals surface area contributed by atoms with Crippen LogP contribution in [0.15, 0.2) is 24.3 Å². The van der Waals surface area contributed by atoms with E-state index >= 15 is 0 Å². The first-order chi connectivity index (χ1) is 6.57. The molecule has 0 amide bonds. The van der Waals surface area contributed by atoms with E-state index in [1.807, 2.05) is 0 Å². The van der Waals surface area contributed by atoms with Gasteiger partial charge in [-0.05, 0) is 29.5 Å². The Labute approximate surface area is 86.5 Å². The average molecular weight is 189 g/mol. The Bertz CT molecular complexity index is 301. The highest BCUT2D eigenvalue weighted by molar-refractivity contribution is 5.29. The van der Waals surface area contributed by atoms with Crippen LogP contribution in [-0.4, -0.2) is 6.54 Å². The van der Waals surface area contributed by atoms with Crippen LogP contribution in [0.25, 0.3) is 0 Å². The zero-order valence-electron chi connectivity index (χ0n) is 9.30. The molecule has 2 rings (SSSR count). The molecule has 1 heteroatoms. The van der Waals surface area contributed by atoms with E-state index in [1.165, 1.54) is 24.1 Å². The van der Waals surface area contributed by atoms with Gasteiger partial charge in [-0.15, -0.1) is 0 Å². The minimum Gasteiger partial charge on any atom is -0.310 e. The third-order valence-corrected chi connectivity index (χ3v) is 3.00. The van der Waals surface area contributed by atoms with E-state index in [9.17, 15) is 0 Å². The molecule has 14 heavy (non-hydrogen) atoms. The summed E-state index contributed by atoms with van der Waals surface area (Å²) in [7, 11) is 0. The van der Waals surface area contributed by atoms with E-state index in [-0.39, 0.29) is 5.41 Å². The van der Waals surface area contributed by atoms with E-state index in [0.717, 1.165) is 0 Å². The van der Waals surface area contributed by atoms with Crippen LogP contribution in [-0.2, 0) is 5.41 Å². The summed E-state index contributed by atoms with van der Waals surface area (Å²) in [5, 5.41) is 3.42. The first-order valence-corrected chi connectivity index (χ1v) is 5.41. The standard InChI is InChI=1S/C13H19N/c1-13(2,3)11-6-4-10(5-7-11)12-8-9-14-12/h4-7,12,14H,8-9H2,1-3H3. The first kappa shape index (κ1) is 9.72. The molecule has 0 aliphatic carbocycles. The summed E-state index contributed by atoms with van der Waals surface area (Å²) in [4.78, 5) is 0. The fourth-order valence-corrected chi connectivity index (χ4v) is 1.79. The maximum atomic E-state index is 3.42. The molecule has 0 spiro atoms. The molecule has 1 unspecified atom stereocenters. The quantitative estimate of drug-likeness (QED) is 0.716. The Balaban J connectivity index is 2.17. The number of hydrogen-bond donors (Lipinski definition) is 1. The average Bonchev–Trinajstić information content (AvgIpc) is 2.00. The van der Waals surface area contributed by atoms with Crippen molar-refractivity contribution in [2.45, 2.75) is 38.6 Å². The van der Waals surface area contributed by atoms with Crippen molar-refractivity contribution in [1.82, 2.24) is 5.32 Å². The number of rotatable bonds is 1. The van der Waals surface area contributed by atoms with Crippen molar-refractivity contribution in [2.75, 3.05) is 6.54 Å². The van der Waals surface area contributed by atoms with Gasteiger partial charge in [-0.3, -0.25) is 0 Å². The Hall–Kier alpha value is -0.820. The third-order valence-electron chi connectivity index (χ3n) is 3.00. The maximum Gasteiger partial charge on any atom is 0.0332 e. The Kier molecular flexibility index (Phi) is 2.36. The molecule has 0 aromatic heterocycles.